The molecule has 2 N–H and O–H groups in total. The van der Waals surface area contributed by atoms with E-state index in [-0.39, 0.29) is 23.3 Å². The number of carbonyl (C=O) groups excluding carboxylic acids is 1. The summed E-state index contributed by atoms with van der Waals surface area (Å²) in [7, 11) is 0. The second kappa shape index (κ2) is 5.32. The van der Waals surface area contributed by atoms with Gasteiger partial charge < -0.3 is 15.0 Å². The second-order valence-electron chi connectivity index (χ2n) is 5.08. The fourth-order valence-corrected chi connectivity index (χ4v) is 2.43. The van der Waals surface area contributed by atoms with Crippen molar-refractivity contribution in [2.45, 2.75) is 31.4 Å². The van der Waals surface area contributed by atoms with Crippen LogP contribution in [-0.4, -0.2) is 41.5 Å². The molecule has 1 amide bonds. The largest absolute Gasteiger partial charge is 0.444 e. The Morgan fingerprint density at radius 3 is 3.05 bits per heavy atom. The van der Waals surface area contributed by atoms with Crippen molar-refractivity contribution < 1.29 is 9.53 Å². The lowest BCUT2D eigenvalue weighted by Gasteiger charge is -2.18. The van der Waals surface area contributed by atoms with Crippen LogP contribution < -0.4 is 15.8 Å². The number of hydrogen-bond donors (Lipinski definition) is 2. The fourth-order valence-electron chi connectivity index (χ4n) is 2.22. The minimum Gasteiger partial charge on any atom is -0.444 e. The summed E-state index contributed by atoms with van der Waals surface area (Å²) in [6.07, 6.45) is 3.72. The van der Waals surface area contributed by atoms with Gasteiger partial charge in [0.2, 0.25) is 0 Å². The summed E-state index contributed by atoms with van der Waals surface area (Å²) in [5, 5.41) is 8.91. The van der Waals surface area contributed by atoms with E-state index in [0.29, 0.717) is 25.2 Å². The Hall–Kier alpha value is -1.76. The Kier molecular flexibility index (Phi) is 3.52. The third-order valence-corrected chi connectivity index (χ3v) is 3.80. The van der Waals surface area contributed by atoms with Crippen molar-refractivity contribution in [1.82, 2.24) is 15.5 Å². The summed E-state index contributed by atoms with van der Waals surface area (Å²) in [6.45, 7) is 1.19. The predicted molar refractivity (Wildman–Crippen MR) is 73.1 cm³/mol. The zero-order chi connectivity index (χ0) is 14.1. The van der Waals surface area contributed by atoms with Crippen molar-refractivity contribution in [3.8, 4) is 0 Å². The first-order valence-electron chi connectivity index (χ1n) is 6.59. The maximum absolute atomic E-state index is 11.6. The molecule has 0 bridgehead atoms. The van der Waals surface area contributed by atoms with E-state index < -0.39 is 5.56 Å². The van der Waals surface area contributed by atoms with Gasteiger partial charge in [-0.1, -0.05) is 11.6 Å². The molecule has 1 aliphatic heterocycles. The third-order valence-electron chi connectivity index (χ3n) is 3.44. The lowest BCUT2D eigenvalue weighted by Crippen LogP contribution is -2.32. The number of nitrogens with one attached hydrogen (secondary N) is 2. The highest BCUT2D eigenvalue weighted by atomic mass is 35.5. The highest BCUT2D eigenvalue weighted by molar-refractivity contribution is 6.33. The van der Waals surface area contributed by atoms with E-state index in [2.05, 4.69) is 15.5 Å². The Bertz CT molecular complexity index is 572. The molecule has 108 valence electrons. The van der Waals surface area contributed by atoms with Crippen LogP contribution in [-0.2, 0) is 4.74 Å². The Morgan fingerprint density at radius 1 is 1.50 bits per heavy atom. The summed E-state index contributed by atoms with van der Waals surface area (Å²) >= 11 is 5.96. The first kappa shape index (κ1) is 13.2. The van der Waals surface area contributed by atoms with Crippen molar-refractivity contribution >= 4 is 23.4 Å². The molecular weight excluding hydrogens is 284 g/mol. The van der Waals surface area contributed by atoms with Gasteiger partial charge in [0.25, 0.3) is 5.56 Å². The molecule has 3 rings (SSSR count). The zero-order valence-corrected chi connectivity index (χ0v) is 11.5. The SMILES string of the molecule is O=C(NC1CC1)OC1CCN(c2cn[nH]c(=O)c2Cl)C1. The van der Waals surface area contributed by atoms with E-state index in [1.165, 1.54) is 6.20 Å². The molecule has 1 unspecified atom stereocenters. The number of rotatable bonds is 3. The van der Waals surface area contributed by atoms with Gasteiger partial charge in [-0.3, -0.25) is 4.79 Å². The van der Waals surface area contributed by atoms with E-state index in [1.54, 1.807) is 0 Å². The van der Waals surface area contributed by atoms with Crippen LogP contribution in [0.3, 0.4) is 0 Å². The highest BCUT2D eigenvalue weighted by Gasteiger charge is 2.30. The maximum atomic E-state index is 11.6. The quantitative estimate of drug-likeness (QED) is 0.865. The molecular formula is C12H15ClN4O3. The Morgan fingerprint density at radius 2 is 2.30 bits per heavy atom. The molecule has 7 nitrogen and oxygen atoms in total. The molecule has 1 atom stereocenters. The van der Waals surface area contributed by atoms with Gasteiger partial charge in [-0.15, -0.1) is 0 Å². The molecule has 1 aliphatic carbocycles. The number of nitrogens with zero attached hydrogens (tertiary/aromatic N) is 2. The average Bonchev–Trinajstić information content (AvgIpc) is 3.10. The van der Waals surface area contributed by atoms with E-state index in [1.807, 2.05) is 4.90 Å². The van der Waals surface area contributed by atoms with Gasteiger partial charge in [-0.2, -0.15) is 5.10 Å². The van der Waals surface area contributed by atoms with Crippen LogP contribution in [0.2, 0.25) is 5.02 Å². The first-order valence-corrected chi connectivity index (χ1v) is 6.96. The van der Waals surface area contributed by atoms with Crippen LogP contribution in [0.25, 0.3) is 0 Å². The molecule has 8 heteroatoms. The number of ether oxygens (including phenoxy) is 1. The third kappa shape index (κ3) is 2.87. The van der Waals surface area contributed by atoms with Gasteiger partial charge >= 0.3 is 6.09 Å². The van der Waals surface area contributed by atoms with Gasteiger partial charge in [0, 0.05) is 19.0 Å². The van der Waals surface area contributed by atoms with Crippen LogP contribution in [0.4, 0.5) is 10.5 Å². The molecule has 0 aromatic carbocycles. The Balaban J connectivity index is 1.59. The minimum atomic E-state index is -0.417. The van der Waals surface area contributed by atoms with Crippen LogP contribution in [0.5, 0.6) is 0 Å². The number of alkyl carbamates (subject to hydrolysis) is 1. The number of anilines is 1. The summed E-state index contributed by atoms with van der Waals surface area (Å²) < 4.78 is 5.34. The lowest BCUT2D eigenvalue weighted by molar-refractivity contribution is 0.108. The topological polar surface area (TPSA) is 87.3 Å². The Labute approximate surface area is 120 Å². The van der Waals surface area contributed by atoms with Crippen LogP contribution in [0.1, 0.15) is 19.3 Å². The monoisotopic (exact) mass is 298 g/mol. The smallest absolute Gasteiger partial charge is 0.407 e. The summed E-state index contributed by atoms with van der Waals surface area (Å²) in [5.74, 6) is 0. The first-order chi connectivity index (χ1) is 9.63. The molecule has 2 fully saturated rings. The lowest BCUT2D eigenvalue weighted by atomic mass is 10.3. The molecule has 1 saturated heterocycles. The van der Waals surface area contributed by atoms with Gasteiger partial charge in [0.05, 0.1) is 18.4 Å². The van der Waals surface area contributed by atoms with Crippen molar-refractivity contribution in [3.63, 3.8) is 0 Å². The summed E-state index contributed by atoms with van der Waals surface area (Å²) in [6, 6.07) is 0.284. The number of aromatic amines is 1. The van der Waals surface area contributed by atoms with Crippen LogP contribution >= 0.6 is 11.6 Å². The molecule has 0 radical (unpaired) electrons. The number of H-pyrrole nitrogens is 1. The van der Waals surface area contributed by atoms with Crippen molar-refractivity contribution in [2.24, 2.45) is 0 Å². The van der Waals surface area contributed by atoms with E-state index in [4.69, 9.17) is 16.3 Å². The number of halogens is 1. The van der Waals surface area contributed by atoms with E-state index in [0.717, 1.165) is 12.8 Å². The normalized spacial score (nSPS) is 21.9. The van der Waals surface area contributed by atoms with Crippen molar-refractivity contribution in [1.29, 1.82) is 0 Å². The number of amides is 1. The molecule has 2 aliphatic rings. The number of aromatic nitrogens is 2. The minimum absolute atomic E-state index is 0.114. The average molecular weight is 299 g/mol. The molecule has 1 saturated carbocycles. The van der Waals surface area contributed by atoms with Crippen molar-refractivity contribution in [3.05, 3.63) is 21.6 Å². The second-order valence-corrected chi connectivity index (χ2v) is 5.46. The summed E-state index contributed by atoms with van der Waals surface area (Å²) in [5.41, 5.74) is 0.157. The van der Waals surface area contributed by atoms with Crippen molar-refractivity contribution in [2.75, 3.05) is 18.0 Å². The molecule has 0 spiro atoms. The maximum Gasteiger partial charge on any atom is 0.407 e. The van der Waals surface area contributed by atoms with E-state index in [9.17, 15) is 9.59 Å². The summed E-state index contributed by atoms with van der Waals surface area (Å²) in [4.78, 5) is 24.9. The van der Waals surface area contributed by atoms with Crippen LogP contribution in [0.15, 0.2) is 11.0 Å². The van der Waals surface area contributed by atoms with Gasteiger partial charge in [-0.25, -0.2) is 9.89 Å². The molecule has 1 aromatic rings. The number of carbonyl (C=O) groups is 1. The van der Waals surface area contributed by atoms with Crippen LogP contribution in [0, 0.1) is 0 Å². The van der Waals surface area contributed by atoms with E-state index >= 15 is 0 Å². The standard InChI is InChI=1S/C12H15ClN4O3/c13-10-9(5-14-16-11(10)18)17-4-3-8(6-17)20-12(19)15-7-1-2-7/h5,7-8H,1-4,6H2,(H,15,19)(H,16,18). The predicted octanol–water partition coefficient (Wildman–Crippen LogP) is 0.891. The highest BCUT2D eigenvalue weighted by Crippen LogP contribution is 2.26. The molecule has 20 heavy (non-hydrogen) atoms. The fraction of sp³-hybridized carbons (Fsp3) is 0.583. The number of hydrogen-bond acceptors (Lipinski definition) is 5. The van der Waals surface area contributed by atoms with Gasteiger partial charge in [0.15, 0.2) is 0 Å². The van der Waals surface area contributed by atoms with Gasteiger partial charge in [-0.05, 0) is 12.8 Å². The van der Waals surface area contributed by atoms with Gasteiger partial charge in [0.1, 0.15) is 11.1 Å². The molecule has 1 aromatic heterocycles. The zero-order valence-electron chi connectivity index (χ0n) is 10.8. The molecule has 2 heterocycles.